The van der Waals surface area contributed by atoms with Crippen LogP contribution in [-0.2, 0) is 6.54 Å². The number of benzene rings is 1. The summed E-state index contributed by atoms with van der Waals surface area (Å²) >= 11 is 3.12. The third kappa shape index (κ3) is 6.68. The van der Waals surface area contributed by atoms with Gasteiger partial charge in [-0.05, 0) is 42.5 Å². The molecule has 3 rings (SSSR count). The summed E-state index contributed by atoms with van der Waals surface area (Å²) in [7, 11) is 2.02. The fourth-order valence-electron chi connectivity index (χ4n) is 3.39. The van der Waals surface area contributed by atoms with E-state index in [0.717, 1.165) is 42.1 Å². The Morgan fingerprint density at radius 1 is 1.29 bits per heavy atom. The number of carbonyl (C=O) groups is 1. The maximum absolute atomic E-state index is 13.0. The first-order chi connectivity index (χ1) is 16.4. The van der Waals surface area contributed by atoms with Gasteiger partial charge in [0, 0.05) is 48.0 Å². The Balaban J connectivity index is 1.77. The minimum atomic E-state index is -0.258. The summed E-state index contributed by atoms with van der Waals surface area (Å²) in [6.07, 6.45) is 4.87. The standard InChI is InChI=1S/C25H32N6OS2/c1-5-7-12-30(4)23-11-10-19(26)14-21(23)28-24(32)22-17-34-25(29-22)18(6-2)15-31(27-3)16-20-9-8-13-33-20/h8-11,13-15,17H,3,5-7,12,16,26H2,1-2,4H3,(H,28,32)/b18-15+. The van der Waals surface area contributed by atoms with E-state index in [1.807, 2.05) is 36.8 Å². The number of nitrogens with zero attached hydrogens (tertiary/aromatic N) is 4. The number of hydrogen-bond acceptors (Lipinski definition) is 8. The molecule has 2 aromatic heterocycles. The van der Waals surface area contributed by atoms with Gasteiger partial charge in [-0.3, -0.25) is 9.80 Å². The van der Waals surface area contributed by atoms with Crippen molar-refractivity contribution >= 4 is 57.9 Å². The number of rotatable bonds is 12. The first-order valence-electron chi connectivity index (χ1n) is 11.3. The maximum Gasteiger partial charge on any atom is 0.275 e. The number of nitrogens with two attached hydrogens (primary N) is 1. The number of thiophene rings is 1. The van der Waals surface area contributed by atoms with Gasteiger partial charge in [0.1, 0.15) is 10.7 Å². The van der Waals surface area contributed by atoms with E-state index in [4.69, 9.17) is 5.73 Å². The molecule has 0 saturated carbocycles. The van der Waals surface area contributed by atoms with E-state index >= 15 is 0 Å². The van der Waals surface area contributed by atoms with Gasteiger partial charge in [-0.1, -0.05) is 26.3 Å². The van der Waals surface area contributed by atoms with Gasteiger partial charge in [0.15, 0.2) is 0 Å². The number of hydrogen-bond donors (Lipinski definition) is 2. The molecule has 0 radical (unpaired) electrons. The lowest BCUT2D eigenvalue weighted by atomic mass is 10.2. The van der Waals surface area contributed by atoms with Crippen LogP contribution in [0.1, 0.15) is 53.5 Å². The highest BCUT2D eigenvalue weighted by molar-refractivity contribution is 7.11. The zero-order valence-electron chi connectivity index (χ0n) is 20.0. The van der Waals surface area contributed by atoms with Crippen LogP contribution in [0.4, 0.5) is 17.1 Å². The summed E-state index contributed by atoms with van der Waals surface area (Å²) < 4.78 is 0. The number of amides is 1. The van der Waals surface area contributed by atoms with E-state index in [1.54, 1.807) is 27.8 Å². The number of nitrogens with one attached hydrogen (secondary N) is 1. The van der Waals surface area contributed by atoms with E-state index in [1.165, 1.54) is 16.2 Å². The second-order valence-corrected chi connectivity index (χ2v) is 9.76. The number of aromatic nitrogens is 1. The molecule has 0 aliphatic rings. The van der Waals surface area contributed by atoms with Crippen LogP contribution < -0.4 is 16.0 Å². The van der Waals surface area contributed by atoms with Crippen LogP contribution in [0.15, 0.2) is 52.4 Å². The molecule has 180 valence electrons. The molecule has 3 N–H and O–H groups in total. The summed E-state index contributed by atoms with van der Waals surface area (Å²) in [4.78, 5) is 21.0. The van der Waals surface area contributed by atoms with Gasteiger partial charge >= 0.3 is 0 Å². The average molecular weight is 497 g/mol. The molecule has 9 heteroatoms. The summed E-state index contributed by atoms with van der Waals surface area (Å²) in [6, 6.07) is 9.67. The van der Waals surface area contributed by atoms with Crippen molar-refractivity contribution < 1.29 is 4.79 Å². The van der Waals surface area contributed by atoms with Crippen LogP contribution in [0, 0.1) is 0 Å². The highest BCUT2D eigenvalue weighted by atomic mass is 32.1. The maximum atomic E-state index is 13.0. The normalized spacial score (nSPS) is 11.3. The molecule has 0 bridgehead atoms. The van der Waals surface area contributed by atoms with Crippen molar-refractivity contribution in [1.29, 1.82) is 0 Å². The lowest BCUT2D eigenvalue weighted by Crippen LogP contribution is -2.21. The summed E-state index contributed by atoms with van der Waals surface area (Å²) in [5.41, 5.74) is 9.59. The highest BCUT2D eigenvalue weighted by Crippen LogP contribution is 2.29. The zero-order valence-corrected chi connectivity index (χ0v) is 21.6. The molecule has 2 heterocycles. The molecule has 0 saturated heterocycles. The second kappa shape index (κ2) is 12.3. The fourth-order valence-corrected chi connectivity index (χ4v) is 4.97. The topological polar surface area (TPSA) is 86.8 Å². The lowest BCUT2D eigenvalue weighted by Gasteiger charge is -2.22. The van der Waals surface area contributed by atoms with Crippen molar-refractivity contribution in [2.75, 3.05) is 29.5 Å². The quantitative estimate of drug-likeness (QED) is 0.179. The Hall–Kier alpha value is -3.17. The Morgan fingerprint density at radius 2 is 2.12 bits per heavy atom. The minimum Gasteiger partial charge on any atom is -0.399 e. The van der Waals surface area contributed by atoms with Crippen LogP contribution in [0.3, 0.4) is 0 Å². The Morgan fingerprint density at radius 3 is 2.79 bits per heavy atom. The zero-order chi connectivity index (χ0) is 24.5. The molecule has 0 aliphatic carbocycles. The largest absolute Gasteiger partial charge is 0.399 e. The van der Waals surface area contributed by atoms with Crippen molar-refractivity contribution in [3.63, 3.8) is 0 Å². The number of carbonyl (C=O) groups excluding carboxylic acids is 1. The molecule has 0 aliphatic heterocycles. The summed E-state index contributed by atoms with van der Waals surface area (Å²) in [6.45, 7) is 9.45. The number of anilines is 3. The van der Waals surface area contributed by atoms with Crippen LogP contribution >= 0.6 is 22.7 Å². The molecule has 7 nitrogen and oxygen atoms in total. The van der Waals surface area contributed by atoms with E-state index < -0.39 is 0 Å². The second-order valence-electron chi connectivity index (χ2n) is 7.87. The van der Waals surface area contributed by atoms with E-state index in [-0.39, 0.29) is 5.91 Å². The van der Waals surface area contributed by atoms with Gasteiger partial charge in [-0.25, -0.2) is 4.98 Å². The SMILES string of the molecule is C=NN(/C=C(\CC)c1nc(C(=O)Nc2cc(N)ccc2N(C)CCCC)cs1)Cc1cccs1. The molecule has 0 spiro atoms. The Kier molecular flexibility index (Phi) is 9.24. The van der Waals surface area contributed by atoms with E-state index in [2.05, 4.69) is 46.9 Å². The smallest absolute Gasteiger partial charge is 0.275 e. The molecule has 0 atom stereocenters. The van der Waals surface area contributed by atoms with Gasteiger partial charge in [0.2, 0.25) is 0 Å². The van der Waals surface area contributed by atoms with Crippen LogP contribution in [-0.4, -0.2) is 36.2 Å². The molecular formula is C25H32N6OS2. The van der Waals surface area contributed by atoms with E-state index in [9.17, 15) is 4.79 Å². The highest BCUT2D eigenvalue weighted by Gasteiger charge is 2.17. The summed E-state index contributed by atoms with van der Waals surface area (Å²) in [5, 5.41) is 13.5. The third-order valence-corrected chi connectivity index (χ3v) is 7.08. The van der Waals surface area contributed by atoms with Gasteiger partial charge in [0.05, 0.1) is 17.9 Å². The average Bonchev–Trinajstić information content (AvgIpc) is 3.52. The van der Waals surface area contributed by atoms with Gasteiger partial charge in [-0.15, -0.1) is 22.7 Å². The first-order valence-corrected chi connectivity index (χ1v) is 13.0. The molecule has 0 fully saturated rings. The monoisotopic (exact) mass is 496 g/mol. The van der Waals surface area contributed by atoms with Crippen LogP contribution in [0.2, 0.25) is 0 Å². The molecule has 1 amide bonds. The van der Waals surface area contributed by atoms with Gasteiger partial charge < -0.3 is 16.0 Å². The van der Waals surface area contributed by atoms with Crippen molar-refractivity contribution in [3.8, 4) is 0 Å². The van der Waals surface area contributed by atoms with Crippen molar-refractivity contribution in [2.45, 2.75) is 39.7 Å². The van der Waals surface area contributed by atoms with Gasteiger partial charge in [0.25, 0.3) is 5.91 Å². The summed E-state index contributed by atoms with van der Waals surface area (Å²) in [5.74, 6) is -0.258. The van der Waals surface area contributed by atoms with Crippen LogP contribution in [0.5, 0.6) is 0 Å². The number of hydrazone groups is 1. The number of thiazole rings is 1. The third-order valence-electron chi connectivity index (χ3n) is 5.30. The van der Waals surface area contributed by atoms with Crippen molar-refractivity contribution in [2.24, 2.45) is 5.10 Å². The molecule has 0 unspecified atom stereocenters. The minimum absolute atomic E-state index is 0.258. The fraction of sp³-hybridized carbons (Fsp3) is 0.320. The van der Waals surface area contributed by atoms with Crippen LogP contribution in [0.25, 0.3) is 5.57 Å². The predicted molar refractivity (Wildman–Crippen MR) is 147 cm³/mol. The molecule has 1 aromatic carbocycles. The Labute approximate surface area is 209 Å². The molecular weight excluding hydrogens is 464 g/mol. The van der Waals surface area contributed by atoms with Crippen molar-refractivity contribution in [1.82, 2.24) is 9.99 Å². The number of allylic oxidation sites excluding steroid dienone is 1. The number of nitrogen functional groups attached to an aromatic ring is 1. The molecule has 34 heavy (non-hydrogen) atoms. The van der Waals surface area contributed by atoms with E-state index in [0.29, 0.717) is 23.6 Å². The predicted octanol–water partition coefficient (Wildman–Crippen LogP) is 6.14. The van der Waals surface area contributed by atoms with Gasteiger partial charge in [-0.2, -0.15) is 5.10 Å². The van der Waals surface area contributed by atoms with Crippen molar-refractivity contribution in [3.05, 3.63) is 62.9 Å². The Bertz CT molecular complexity index is 1120. The lowest BCUT2D eigenvalue weighted by molar-refractivity contribution is 0.102. The first kappa shape index (κ1) is 25.5. The number of unbranched alkanes of at least 4 members (excludes halogenated alkanes) is 1. The molecule has 3 aromatic rings.